The monoisotopic (exact) mass is 307 g/mol. The van der Waals surface area contributed by atoms with Gasteiger partial charge >= 0.3 is 6.18 Å². The molecule has 0 aromatic heterocycles. The van der Waals surface area contributed by atoms with Gasteiger partial charge in [0.05, 0.1) is 5.56 Å². The van der Waals surface area contributed by atoms with Gasteiger partial charge in [-0.1, -0.05) is 11.2 Å². The summed E-state index contributed by atoms with van der Waals surface area (Å²) in [4.78, 5) is 1.80. The van der Waals surface area contributed by atoms with E-state index in [1.54, 1.807) is 25.3 Å². The van der Waals surface area contributed by atoms with Gasteiger partial charge in [0.2, 0.25) is 0 Å². The van der Waals surface area contributed by atoms with Gasteiger partial charge < -0.3 is 15.8 Å². The fourth-order valence-electron chi connectivity index (χ4n) is 1.84. The Hall–Kier alpha value is -1.57. The van der Waals surface area contributed by atoms with Crippen LogP contribution in [0.25, 0.3) is 0 Å². The third-order valence-corrected chi connectivity index (χ3v) is 3.46. The van der Waals surface area contributed by atoms with Gasteiger partial charge in [-0.15, -0.1) is 11.8 Å². The molecule has 0 saturated heterocycles. The van der Waals surface area contributed by atoms with Crippen LogP contribution in [-0.2, 0) is 0 Å². The standard InChI is InChI=1S/C12H16F3N3OS/c1-3-18(7-12(13,14)15)8-5-4-6-9(20-2)10(8)11(16)17-19/h4-6,19H,3,7H2,1-2H3,(H2,16,17). The normalized spacial score (nSPS) is 12.6. The number of thioether (sulfide) groups is 1. The first kappa shape index (κ1) is 16.5. The van der Waals surface area contributed by atoms with Crippen molar-refractivity contribution < 1.29 is 18.4 Å². The highest BCUT2D eigenvalue weighted by atomic mass is 32.2. The first-order valence-electron chi connectivity index (χ1n) is 5.80. The highest BCUT2D eigenvalue weighted by Crippen LogP contribution is 2.31. The minimum Gasteiger partial charge on any atom is -0.409 e. The maximum Gasteiger partial charge on any atom is 0.405 e. The highest BCUT2D eigenvalue weighted by Gasteiger charge is 2.31. The third kappa shape index (κ3) is 3.96. The molecular formula is C12H16F3N3OS. The molecule has 0 bridgehead atoms. The average molecular weight is 307 g/mol. The number of rotatable bonds is 5. The molecule has 0 spiro atoms. The number of anilines is 1. The van der Waals surface area contributed by atoms with Crippen molar-refractivity contribution in [2.45, 2.75) is 18.0 Å². The van der Waals surface area contributed by atoms with E-state index < -0.39 is 12.7 Å². The molecule has 0 fully saturated rings. The van der Waals surface area contributed by atoms with Crippen LogP contribution in [0.1, 0.15) is 12.5 Å². The molecule has 0 amide bonds. The molecule has 8 heteroatoms. The van der Waals surface area contributed by atoms with Gasteiger partial charge in [0.25, 0.3) is 0 Å². The number of nitrogens with zero attached hydrogens (tertiary/aromatic N) is 2. The molecule has 20 heavy (non-hydrogen) atoms. The average Bonchev–Trinajstić information content (AvgIpc) is 2.42. The maximum absolute atomic E-state index is 12.6. The molecule has 0 unspecified atom stereocenters. The van der Waals surface area contributed by atoms with Crippen LogP contribution in [0.4, 0.5) is 18.9 Å². The van der Waals surface area contributed by atoms with E-state index in [2.05, 4.69) is 5.16 Å². The van der Waals surface area contributed by atoms with Crippen LogP contribution in [0.3, 0.4) is 0 Å². The van der Waals surface area contributed by atoms with Crippen molar-refractivity contribution in [2.24, 2.45) is 10.9 Å². The van der Waals surface area contributed by atoms with Crippen molar-refractivity contribution in [2.75, 3.05) is 24.2 Å². The van der Waals surface area contributed by atoms with Crippen molar-refractivity contribution in [3.8, 4) is 0 Å². The van der Waals surface area contributed by atoms with E-state index in [0.717, 1.165) is 4.90 Å². The SMILES string of the molecule is CCN(CC(F)(F)F)c1cccc(SC)c1/C(N)=N/O. The Morgan fingerprint density at radius 2 is 2.10 bits per heavy atom. The number of amidine groups is 1. The maximum atomic E-state index is 12.6. The van der Waals surface area contributed by atoms with Gasteiger partial charge in [-0.05, 0) is 25.3 Å². The molecule has 3 N–H and O–H groups in total. The number of hydrogen-bond donors (Lipinski definition) is 2. The van der Waals surface area contributed by atoms with Crippen molar-refractivity contribution in [3.63, 3.8) is 0 Å². The van der Waals surface area contributed by atoms with E-state index in [-0.39, 0.29) is 12.4 Å². The second-order valence-electron chi connectivity index (χ2n) is 3.97. The zero-order valence-electron chi connectivity index (χ0n) is 11.1. The van der Waals surface area contributed by atoms with Gasteiger partial charge in [-0.3, -0.25) is 0 Å². The summed E-state index contributed by atoms with van der Waals surface area (Å²) in [5.41, 5.74) is 6.22. The molecule has 0 aliphatic rings. The Morgan fingerprint density at radius 1 is 1.45 bits per heavy atom. The van der Waals surface area contributed by atoms with Crippen LogP contribution in [0, 0.1) is 0 Å². The van der Waals surface area contributed by atoms with Gasteiger partial charge in [-0.25, -0.2) is 0 Å². The summed E-state index contributed by atoms with van der Waals surface area (Å²) < 4.78 is 37.9. The number of nitrogens with two attached hydrogens (primary N) is 1. The lowest BCUT2D eigenvalue weighted by molar-refractivity contribution is -0.119. The largest absolute Gasteiger partial charge is 0.409 e. The summed E-state index contributed by atoms with van der Waals surface area (Å²) in [6.45, 7) is 0.684. The van der Waals surface area contributed by atoms with Crippen molar-refractivity contribution in [1.29, 1.82) is 0 Å². The van der Waals surface area contributed by atoms with E-state index in [4.69, 9.17) is 10.9 Å². The van der Waals surface area contributed by atoms with E-state index in [9.17, 15) is 13.2 Å². The summed E-state index contributed by atoms with van der Waals surface area (Å²) in [6.07, 6.45) is -2.55. The van der Waals surface area contributed by atoms with Crippen LogP contribution in [-0.4, -0.2) is 36.6 Å². The lowest BCUT2D eigenvalue weighted by Gasteiger charge is -2.27. The number of alkyl halides is 3. The molecule has 0 aliphatic carbocycles. The van der Waals surface area contributed by atoms with E-state index >= 15 is 0 Å². The predicted octanol–water partition coefficient (Wildman–Crippen LogP) is 2.89. The molecule has 0 heterocycles. The fourth-order valence-corrected chi connectivity index (χ4v) is 2.47. The Balaban J connectivity index is 3.35. The minimum atomic E-state index is -4.33. The van der Waals surface area contributed by atoms with E-state index in [1.165, 1.54) is 17.8 Å². The first-order valence-corrected chi connectivity index (χ1v) is 7.03. The van der Waals surface area contributed by atoms with E-state index in [1.807, 2.05) is 0 Å². The Morgan fingerprint density at radius 3 is 2.55 bits per heavy atom. The summed E-state index contributed by atoms with van der Waals surface area (Å²) in [5, 5.41) is 11.7. The highest BCUT2D eigenvalue weighted by molar-refractivity contribution is 7.98. The number of halogens is 3. The van der Waals surface area contributed by atoms with Crippen molar-refractivity contribution in [1.82, 2.24) is 0 Å². The van der Waals surface area contributed by atoms with Crippen molar-refractivity contribution >= 4 is 23.3 Å². The van der Waals surface area contributed by atoms with Gasteiger partial charge in [0, 0.05) is 17.1 Å². The third-order valence-electron chi connectivity index (χ3n) is 2.68. The molecule has 1 aromatic rings. The number of hydrogen-bond acceptors (Lipinski definition) is 4. The molecule has 0 atom stereocenters. The quantitative estimate of drug-likeness (QED) is 0.289. The summed E-state index contributed by atoms with van der Waals surface area (Å²) in [5.74, 6) is -0.203. The summed E-state index contributed by atoms with van der Waals surface area (Å²) in [7, 11) is 0. The van der Waals surface area contributed by atoms with Crippen LogP contribution in [0.15, 0.2) is 28.3 Å². The van der Waals surface area contributed by atoms with Gasteiger partial charge in [-0.2, -0.15) is 13.2 Å². The first-order chi connectivity index (χ1) is 9.34. The van der Waals surface area contributed by atoms with Crippen LogP contribution in [0.2, 0.25) is 0 Å². The fraction of sp³-hybridized carbons (Fsp3) is 0.417. The second kappa shape index (κ2) is 6.74. The number of oxime groups is 1. The lowest BCUT2D eigenvalue weighted by atomic mass is 10.1. The smallest absolute Gasteiger partial charge is 0.405 e. The Labute approximate surface area is 119 Å². The predicted molar refractivity (Wildman–Crippen MR) is 74.7 cm³/mol. The van der Waals surface area contributed by atoms with Crippen LogP contribution >= 0.6 is 11.8 Å². The summed E-state index contributed by atoms with van der Waals surface area (Å²) >= 11 is 1.32. The molecule has 0 saturated carbocycles. The lowest BCUT2D eigenvalue weighted by Crippen LogP contribution is -2.35. The molecule has 0 radical (unpaired) electrons. The zero-order chi connectivity index (χ0) is 15.3. The molecular weight excluding hydrogens is 291 g/mol. The van der Waals surface area contributed by atoms with Crippen LogP contribution < -0.4 is 10.6 Å². The van der Waals surface area contributed by atoms with Crippen LogP contribution in [0.5, 0.6) is 0 Å². The van der Waals surface area contributed by atoms with Gasteiger partial charge in [0.15, 0.2) is 5.84 Å². The molecule has 1 aromatic carbocycles. The zero-order valence-corrected chi connectivity index (χ0v) is 11.9. The van der Waals surface area contributed by atoms with Crippen molar-refractivity contribution in [3.05, 3.63) is 23.8 Å². The molecule has 112 valence electrons. The minimum absolute atomic E-state index is 0.156. The molecule has 4 nitrogen and oxygen atoms in total. The van der Waals surface area contributed by atoms with E-state index in [0.29, 0.717) is 16.1 Å². The van der Waals surface area contributed by atoms with Gasteiger partial charge in [0.1, 0.15) is 6.54 Å². The Kier molecular flexibility index (Phi) is 5.55. The molecule has 0 aliphatic heterocycles. The second-order valence-corrected chi connectivity index (χ2v) is 4.82. The summed E-state index contributed by atoms with van der Waals surface area (Å²) in [6, 6.07) is 4.89. The Bertz CT molecular complexity index is 491. The topological polar surface area (TPSA) is 61.8 Å². The number of benzene rings is 1. The molecule has 1 rings (SSSR count).